The first-order chi connectivity index (χ1) is 10.5. The molecule has 0 radical (unpaired) electrons. The summed E-state index contributed by atoms with van der Waals surface area (Å²) < 4.78 is 0. The van der Waals surface area contributed by atoms with E-state index in [1.54, 1.807) is 0 Å². The van der Waals surface area contributed by atoms with E-state index >= 15 is 0 Å². The van der Waals surface area contributed by atoms with Crippen LogP contribution in [0.3, 0.4) is 0 Å². The summed E-state index contributed by atoms with van der Waals surface area (Å²) in [7, 11) is 0. The van der Waals surface area contributed by atoms with Crippen molar-refractivity contribution in [2.75, 3.05) is 13.1 Å². The zero-order valence-corrected chi connectivity index (χ0v) is 13.9. The summed E-state index contributed by atoms with van der Waals surface area (Å²) in [6.07, 6.45) is 2.20. The molecule has 1 saturated heterocycles. The SMILES string of the molecule is Cc1ccc(C(CC(=O)N2CCC(C#N)CC2)C(C)C)cc1. The third-order valence-corrected chi connectivity index (χ3v) is 4.74. The van der Waals surface area contributed by atoms with Crippen LogP contribution in [0.1, 0.15) is 50.2 Å². The molecular weight excluding hydrogens is 272 g/mol. The fourth-order valence-electron chi connectivity index (χ4n) is 3.13. The molecule has 1 atom stereocenters. The maximum atomic E-state index is 12.6. The number of nitriles is 1. The van der Waals surface area contributed by atoms with Crippen molar-refractivity contribution in [3.8, 4) is 6.07 Å². The monoisotopic (exact) mass is 298 g/mol. The molecule has 0 saturated carbocycles. The van der Waals surface area contributed by atoms with E-state index < -0.39 is 0 Å². The van der Waals surface area contributed by atoms with Crippen molar-refractivity contribution in [3.05, 3.63) is 35.4 Å². The predicted octanol–water partition coefficient (Wildman–Crippen LogP) is 3.89. The van der Waals surface area contributed by atoms with Gasteiger partial charge in [0.1, 0.15) is 0 Å². The van der Waals surface area contributed by atoms with E-state index in [1.807, 2.05) is 4.90 Å². The number of benzene rings is 1. The van der Waals surface area contributed by atoms with E-state index in [4.69, 9.17) is 5.26 Å². The van der Waals surface area contributed by atoms with Crippen LogP contribution < -0.4 is 0 Å². The number of aryl methyl sites for hydroxylation is 1. The van der Waals surface area contributed by atoms with Crippen LogP contribution >= 0.6 is 0 Å². The maximum Gasteiger partial charge on any atom is 0.223 e. The van der Waals surface area contributed by atoms with Crippen LogP contribution in [0.4, 0.5) is 0 Å². The van der Waals surface area contributed by atoms with Crippen LogP contribution in [0, 0.1) is 30.1 Å². The Kier molecular flexibility index (Phi) is 5.60. The molecule has 1 heterocycles. The normalized spacial score (nSPS) is 17.3. The minimum atomic E-state index is 0.127. The van der Waals surface area contributed by atoms with E-state index in [0.717, 1.165) is 25.9 Å². The number of amides is 1. The van der Waals surface area contributed by atoms with Gasteiger partial charge in [0.25, 0.3) is 0 Å². The maximum absolute atomic E-state index is 12.6. The summed E-state index contributed by atoms with van der Waals surface area (Å²) in [6.45, 7) is 7.91. The molecule has 2 rings (SSSR count). The van der Waals surface area contributed by atoms with E-state index in [-0.39, 0.29) is 17.7 Å². The largest absolute Gasteiger partial charge is 0.343 e. The lowest BCUT2D eigenvalue weighted by Gasteiger charge is -2.31. The lowest BCUT2D eigenvalue weighted by Crippen LogP contribution is -2.39. The number of hydrogen-bond acceptors (Lipinski definition) is 2. The average molecular weight is 298 g/mol. The molecular formula is C19H26N2O. The van der Waals surface area contributed by atoms with Crippen molar-refractivity contribution < 1.29 is 4.79 Å². The minimum Gasteiger partial charge on any atom is -0.343 e. The quantitative estimate of drug-likeness (QED) is 0.846. The van der Waals surface area contributed by atoms with Crippen molar-refractivity contribution >= 4 is 5.91 Å². The van der Waals surface area contributed by atoms with Gasteiger partial charge in [-0.05, 0) is 37.2 Å². The summed E-state index contributed by atoms with van der Waals surface area (Å²) in [4.78, 5) is 14.5. The topological polar surface area (TPSA) is 44.1 Å². The van der Waals surface area contributed by atoms with E-state index in [9.17, 15) is 4.79 Å². The molecule has 0 spiro atoms. The second-order valence-electron chi connectivity index (χ2n) is 6.75. The predicted molar refractivity (Wildman–Crippen MR) is 88.3 cm³/mol. The van der Waals surface area contributed by atoms with Gasteiger partial charge >= 0.3 is 0 Å². The highest BCUT2D eigenvalue weighted by molar-refractivity contribution is 5.77. The molecule has 1 aromatic carbocycles. The minimum absolute atomic E-state index is 0.127. The molecule has 22 heavy (non-hydrogen) atoms. The van der Waals surface area contributed by atoms with Crippen LogP contribution in [0.25, 0.3) is 0 Å². The lowest BCUT2D eigenvalue weighted by molar-refractivity contribution is -0.133. The van der Waals surface area contributed by atoms with Gasteiger partial charge in [-0.15, -0.1) is 0 Å². The number of rotatable bonds is 4. The Labute approximate surface area is 133 Å². The Morgan fingerprint density at radius 1 is 1.27 bits per heavy atom. The standard InChI is InChI=1S/C19H26N2O/c1-14(2)18(17-6-4-15(3)5-7-17)12-19(22)21-10-8-16(13-20)9-11-21/h4-7,14,16,18H,8-12H2,1-3H3. The number of carbonyl (C=O) groups excluding carboxylic acids is 1. The Morgan fingerprint density at radius 3 is 2.36 bits per heavy atom. The summed E-state index contributed by atoms with van der Waals surface area (Å²) in [5, 5.41) is 8.95. The first kappa shape index (κ1) is 16.5. The molecule has 1 aromatic rings. The Hall–Kier alpha value is -1.82. The molecule has 0 bridgehead atoms. The van der Waals surface area contributed by atoms with Crippen LogP contribution in [0.5, 0.6) is 0 Å². The van der Waals surface area contributed by atoms with Gasteiger partial charge in [-0.1, -0.05) is 43.7 Å². The lowest BCUT2D eigenvalue weighted by atomic mass is 9.85. The average Bonchev–Trinajstić information content (AvgIpc) is 2.53. The number of nitrogens with zero attached hydrogens (tertiary/aromatic N) is 2. The van der Waals surface area contributed by atoms with E-state index in [0.29, 0.717) is 12.3 Å². The molecule has 1 aliphatic heterocycles. The fourth-order valence-corrected chi connectivity index (χ4v) is 3.13. The van der Waals surface area contributed by atoms with Gasteiger partial charge in [-0.25, -0.2) is 0 Å². The highest BCUT2D eigenvalue weighted by Crippen LogP contribution is 2.29. The molecule has 118 valence electrons. The number of piperidine rings is 1. The summed E-state index contributed by atoms with van der Waals surface area (Å²) in [6, 6.07) is 10.8. The number of carbonyl (C=O) groups is 1. The highest BCUT2D eigenvalue weighted by Gasteiger charge is 2.26. The number of likely N-dealkylation sites (tertiary alicyclic amines) is 1. The Bertz CT molecular complexity index is 534. The fraction of sp³-hybridized carbons (Fsp3) is 0.579. The zero-order valence-electron chi connectivity index (χ0n) is 13.9. The summed E-state index contributed by atoms with van der Waals surface area (Å²) in [5.74, 6) is 1.06. The van der Waals surface area contributed by atoms with Crippen LogP contribution in [0.2, 0.25) is 0 Å². The van der Waals surface area contributed by atoms with E-state index in [1.165, 1.54) is 11.1 Å². The highest BCUT2D eigenvalue weighted by atomic mass is 16.2. The van der Waals surface area contributed by atoms with Gasteiger partial charge in [0.2, 0.25) is 5.91 Å². The van der Waals surface area contributed by atoms with Gasteiger partial charge in [-0.2, -0.15) is 5.26 Å². The first-order valence-electron chi connectivity index (χ1n) is 8.25. The van der Waals surface area contributed by atoms with Crippen molar-refractivity contribution in [2.45, 2.75) is 46.0 Å². The number of hydrogen-bond donors (Lipinski definition) is 0. The van der Waals surface area contributed by atoms with Gasteiger partial charge in [0.05, 0.1) is 6.07 Å². The third kappa shape index (κ3) is 4.10. The Morgan fingerprint density at radius 2 is 1.86 bits per heavy atom. The molecule has 0 aromatic heterocycles. The zero-order chi connectivity index (χ0) is 16.1. The third-order valence-electron chi connectivity index (χ3n) is 4.74. The van der Waals surface area contributed by atoms with Gasteiger partial charge in [-0.3, -0.25) is 4.79 Å². The smallest absolute Gasteiger partial charge is 0.223 e. The molecule has 0 N–H and O–H groups in total. The van der Waals surface area contributed by atoms with Gasteiger partial charge in [0, 0.05) is 25.4 Å². The van der Waals surface area contributed by atoms with Crippen molar-refractivity contribution in [1.29, 1.82) is 5.26 Å². The summed E-state index contributed by atoms with van der Waals surface area (Å²) >= 11 is 0. The molecule has 1 unspecified atom stereocenters. The second-order valence-corrected chi connectivity index (χ2v) is 6.75. The molecule has 1 amide bonds. The van der Waals surface area contributed by atoms with Crippen molar-refractivity contribution in [1.82, 2.24) is 4.90 Å². The molecule has 1 fully saturated rings. The van der Waals surface area contributed by atoms with Crippen LogP contribution in [0.15, 0.2) is 24.3 Å². The van der Waals surface area contributed by atoms with E-state index in [2.05, 4.69) is 51.1 Å². The van der Waals surface area contributed by atoms with Crippen LogP contribution in [-0.4, -0.2) is 23.9 Å². The molecule has 1 aliphatic rings. The molecule has 3 nitrogen and oxygen atoms in total. The van der Waals surface area contributed by atoms with Crippen LogP contribution in [-0.2, 0) is 4.79 Å². The van der Waals surface area contributed by atoms with Gasteiger partial charge in [0.15, 0.2) is 0 Å². The molecule has 3 heteroatoms. The second kappa shape index (κ2) is 7.45. The molecule has 0 aliphatic carbocycles. The van der Waals surface area contributed by atoms with Gasteiger partial charge < -0.3 is 4.90 Å². The first-order valence-corrected chi connectivity index (χ1v) is 8.25. The van der Waals surface area contributed by atoms with Crippen molar-refractivity contribution in [3.63, 3.8) is 0 Å². The van der Waals surface area contributed by atoms with Crippen molar-refractivity contribution in [2.24, 2.45) is 11.8 Å². The Balaban J connectivity index is 2.01. The summed E-state index contributed by atoms with van der Waals surface area (Å²) in [5.41, 5.74) is 2.50.